The van der Waals surface area contributed by atoms with Gasteiger partial charge in [0.15, 0.2) is 11.5 Å². The summed E-state index contributed by atoms with van der Waals surface area (Å²) in [5.74, 6) is -0.510. The maximum Gasteiger partial charge on any atom is 0.224 e. The Bertz CT molecular complexity index is 312. The van der Waals surface area contributed by atoms with Crippen LogP contribution in [-0.4, -0.2) is 25.3 Å². The molecule has 0 spiro atoms. The summed E-state index contributed by atoms with van der Waals surface area (Å²) < 4.78 is 9.82. The standard InChI is InChI=1S/C10H12O4/c1-3-4-14-10-6-7(11)9(13-2)5-8(10)12/h5-6H,3-4H2,1-2H3. The van der Waals surface area contributed by atoms with Gasteiger partial charge in [-0.1, -0.05) is 6.92 Å². The van der Waals surface area contributed by atoms with Crippen LogP contribution < -0.4 is 0 Å². The summed E-state index contributed by atoms with van der Waals surface area (Å²) in [5.41, 5.74) is 0. The molecule has 0 amide bonds. The third-order valence-corrected chi connectivity index (χ3v) is 1.69. The van der Waals surface area contributed by atoms with Gasteiger partial charge in [-0.05, 0) is 6.42 Å². The third-order valence-electron chi connectivity index (χ3n) is 1.69. The first-order valence-electron chi connectivity index (χ1n) is 4.38. The number of ketones is 2. The Morgan fingerprint density at radius 3 is 2.29 bits per heavy atom. The first kappa shape index (κ1) is 10.5. The van der Waals surface area contributed by atoms with E-state index >= 15 is 0 Å². The van der Waals surface area contributed by atoms with E-state index in [9.17, 15) is 9.59 Å². The van der Waals surface area contributed by atoms with E-state index in [2.05, 4.69) is 0 Å². The van der Waals surface area contributed by atoms with Gasteiger partial charge in [-0.25, -0.2) is 0 Å². The average Bonchev–Trinajstić information content (AvgIpc) is 2.18. The van der Waals surface area contributed by atoms with Crippen LogP contribution in [0.3, 0.4) is 0 Å². The highest BCUT2D eigenvalue weighted by Gasteiger charge is 2.21. The fraction of sp³-hybridized carbons (Fsp3) is 0.400. The van der Waals surface area contributed by atoms with E-state index in [1.165, 1.54) is 7.11 Å². The topological polar surface area (TPSA) is 52.6 Å². The van der Waals surface area contributed by atoms with Crippen molar-refractivity contribution >= 4 is 11.6 Å². The van der Waals surface area contributed by atoms with Crippen molar-refractivity contribution in [3.63, 3.8) is 0 Å². The molecule has 1 aliphatic carbocycles. The molecule has 4 nitrogen and oxygen atoms in total. The van der Waals surface area contributed by atoms with E-state index in [-0.39, 0.29) is 23.1 Å². The number of allylic oxidation sites excluding steroid dienone is 2. The van der Waals surface area contributed by atoms with E-state index in [0.717, 1.165) is 18.6 Å². The van der Waals surface area contributed by atoms with Crippen molar-refractivity contribution in [1.82, 2.24) is 0 Å². The Hall–Kier alpha value is -1.58. The van der Waals surface area contributed by atoms with Gasteiger partial charge in [0.05, 0.1) is 13.7 Å². The normalized spacial score (nSPS) is 16.1. The van der Waals surface area contributed by atoms with Crippen molar-refractivity contribution in [2.24, 2.45) is 0 Å². The second-order valence-electron chi connectivity index (χ2n) is 2.80. The third kappa shape index (κ3) is 2.22. The highest BCUT2D eigenvalue weighted by atomic mass is 16.5. The van der Waals surface area contributed by atoms with Gasteiger partial charge in [0.25, 0.3) is 0 Å². The number of ether oxygens (including phenoxy) is 2. The molecule has 0 saturated carbocycles. The van der Waals surface area contributed by atoms with Crippen molar-refractivity contribution in [3.05, 3.63) is 23.7 Å². The van der Waals surface area contributed by atoms with E-state index in [4.69, 9.17) is 9.47 Å². The quantitative estimate of drug-likeness (QED) is 0.629. The second kappa shape index (κ2) is 4.60. The van der Waals surface area contributed by atoms with Crippen molar-refractivity contribution in [2.45, 2.75) is 13.3 Å². The number of methoxy groups -OCH3 is 1. The largest absolute Gasteiger partial charge is 0.493 e. The first-order chi connectivity index (χ1) is 6.69. The van der Waals surface area contributed by atoms with Crippen LogP contribution in [-0.2, 0) is 19.1 Å². The first-order valence-corrected chi connectivity index (χ1v) is 4.38. The summed E-state index contributed by atoms with van der Waals surface area (Å²) in [4.78, 5) is 22.6. The molecule has 0 bridgehead atoms. The van der Waals surface area contributed by atoms with E-state index in [1.807, 2.05) is 6.92 Å². The van der Waals surface area contributed by atoms with Crippen LogP contribution >= 0.6 is 0 Å². The van der Waals surface area contributed by atoms with Crippen molar-refractivity contribution in [2.75, 3.05) is 13.7 Å². The molecule has 0 unspecified atom stereocenters. The number of hydrogen-bond donors (Lipinski definition) is 0. The summed E-state index contributed by atoms with van der Waals surface area (Å²) in [6.45, 7) is 2.35. The van der Waals surface area contributed by atoms with Gasteiger partial charge < -0.3 is 9.47 Å². The zero-order valence-corrected chi connectivity index (χ0v) is 8.20. The lowest BCUT2D eigenvalue weighted by Gasteiger charge is -2.11. The molecule has 0 radical (unpaired) electrons. The van der Waals surface area contributed by atoms with Gasteiger partial charge in [0.2, 0.25) is 11.6 Å². The molecular weight excluding hydrogens is 184 g/mol. The summed E-state index contributed by atoms with van der Waals surface area (Å²) in [7, 11) is 1.35. The molecule has 0 heterocycles. The maximum atomic E-state index is 11.3. The van der Waals surface area contributed by atoms with E-state index in [1.54, 1.807) is 0 Å². The zero-order chi connectivity index (χ0) is 10.6. The molecule has 0 aliphatic heterocycles. The van der Waals surface area contributed by atoms with Crippen LogP contribution in [0.4, 0.5) is 0 Å². The maximum absolute atomic E-state index is 11.3. The van der Waals surface area contributed by atoms with Crippen LogP contribution in [0.5, 0.6) is 0 Å². The number of rotatable bonds is 4. The second-order valence-corrected chi connectivity index (χ2v) is 2.80. The predicted molar refractivity (Wildman–Crippen MR) is 49.4 cm³/mol. The Kier molecular flexibility index (Phi) is 3.45. The van der Waals surface area contributed by atoms with Gasteiger partial charge in [-0.15, -0.1) is 0 Å². The molecule has 76 valence electrons. The molecule has 0 aromatic carbocycles. The van der Waals surface area contributed by atoms with Crippen molar-refractivity contribution < 1.29 is 19.1 Å². The highest BCUT2D eigenvalue weighted by molar-refractivity contribution is 6.18. The number of carbonyl (C=O) groups is 2. The molecule has 14 heavy (non-hydrogen) atoms. The molecule has 0 aromatic heterocycles. The Balaban J connectivity index is 2.73. The average molecular weight is 196 g/mol. The summed E-state index contributed by atoms with van der Waals surface area (Å²) >= 11 is 0. The van der Waals surface area contributed by atoms with Crippen LogP contribution in [0.2, 0.25) is 0 Å². The van der Waals surface area contributed by atoms with E-state index < -0.39 is 0 Å². The number of hydrogen-bond acceptors (Lipinski definition) is 4. The summed E-state index contributed by atoms with van der Waals surface area (Å²) in [5, 5.41) is 0. The van der Waals surface area contributed by atoms with Crippen molar-refractivity contribution in [3.8, 4) is 0 Å². The molecule has 0 atom stereocenters. The molecule has 0 N–H and O–H groups in total. The minimum absolute atomic E-state index is 0.0545. The predicted octanol–water partition coefficient (Wildman–Crippen LogP) is 0.979. The Morgan fingerprint density at radius 1 is 1.14 bits per heavy atom. The lowest BCUT2D eigenvalue weighted by atomic mass is 10.1. The van der Waals surface area contributed by atoms with Gasteiger partial charge in [-0.2, -0.15) is 0 Å². The summed E-state index contributed by atoms with van der Waals surface area (Å²) in [6.07, 6.45) is 3.10. The minimum Gasteiger partial charge on any atom is -0.493 e. The fourth-order valence-electron chi connectivity index (χ4n) is 1.01. The Labute approximate surface area is 82.2 Å². The van der Waals surface area contributed by atoms with Crippen LogP contribution in [0.25, 0.3) is 0 Å². The van der Waals surface area contributed by atoms with Gasteiger partial charge in [0.1, 0.15) is 0 Å². The molecule has 0 aromatic rings. The van der Waals surface area contributed by atoms with Crippen LogP contribution in [0, 0.1) is 0 Å². The lowest BCUT2D eigenvalue weighted by Crippen LogP contribution is -2.16. The molecular formula is C10H12O4. The van der Waals surface area contributed by atoms with Crippen molar-refractivity contribution in [1.29, 1.82) is 0 Å². The molecule has 1 rings (SSSR count). The van der Waals surface area contributed by atoms with Gasteiger partial charge in [0, 0.05) is 12.2 Å². The molecule has 4 heteroatoms. The van der Waals surface area contributed by atoms with Gasteiger partial charge >= 0.3 is 0 Å². The van der Waals surface area contributed by atoms with Gasteiger partial charge in [-0.3, -0.25) is 9.59 Å². The highest BCUT2D eigenvalue weighted by Crippen LogP contribution is 2.13. The monoisotopic (exact) mass is 196 g/mol. The molecule has 1 aliphatic rings. The summed E-state index contributed by atoms with van der Waals surface area (Å²) in [6, 6.07) is 0. The smallest absolute Gasteiger partial charge is 0.224 e. The molecule has 0 fully saturated rings. The fourth-order valence-corrected chi connectivity index (χ4v) is 1.01. The number of carbonyl (C=O) groups excluding carboxylic acids is 2. The zero-order valence-electron chi connectivity index (χ0n) is 8.20. The minimum atomic E-state index is -0.335. The van der Waals surface area contributed by atoms with Crippen LogP contribution in [0.1, 0.15) is 13.3 Å². The Morgan fingerprint density at radius 2 is 1.71 bits per heavy atom. The van der Waals surface area contributed by atoms with Crippen LogP contribution in [0.15, 0.2) is 23.7 Å². The molecule has 0 saturated heterocycles. The van der Waals surface area contributed by atoms with E-state index in [0.29, 0.717) is 6.61 Å². The SMILES string of the molecule is CCCOC1=CC(=O)C(OC)=CC1=O. The lowest BCUT2D eigenvalue weighted by molar-refractivity contribution is -0.119.